The van der Waals surface area contributed by atoms with Gasteiger partial charge in [-0.2, -0.15) is 5.10 Å². The summed E-state index contributed by atoms with van der Waals surface area (Å²) in [6.07, 6.45) is 8.45. The summed E-state index contributed by atoms with van der Waals surface area (Å²) in [4.78, 5) is 18.6. The van der Waals surface area contributed by atoms with Crippen molar-refractivity contribution < 1.29 is 9.53 Å². The third-order valence-corrected chi connectivity index (χ3v) is 5.67. The van der Waals surface area contributed by atoms with Gasteiger partial charge in [-0.25, -0.2) is 0 Å². The molecule has 156 valence electrons. The summed E-state index contributed by atoms with van der Waals surface area (Å²) in [5, 5.41) is 4.35. The molecular formula is C24H28N4O2. The average molecular weight is 405 g/mol. The molecule has 1 fully saturated rings. The molecule has 1 saturated heterocycles. The predicted molar refractivity (Wildman–Crippen MR) is 115 cm³/mol. The second kappa shape index (κ2) is 9.57. The van der Waals surface area contributed by atoms with E-state index in [1.165, 1.54) is 5.56 Å². The molecule has 1 amide bonds. The quantitative estimate of drug-likeness (QED) is 0.598. The molecule has 0 unspecified atom stereocenters. The van der Waals surface area contributed by atoms with Crippen LogP contribution >= 0.6 is 0 Å². The second-order valence-electron chi connectivity index (χ2n) is 7.79. The highest BCUT2D eigenvalue weighted by Gasteiger charge is 2.25. The molecule has 0 radical (unpaired) electrons. The van der Waals surface area contributed by atoms with Crippen molar-refractivity contribution in [2.75, 3.05) is 13.1 Å². The number of hydrogen-bond acceptors (Lipinski definition) is 4. The SMILES string of the molecule is CCn1ccc(C(=O)N2CCC(Cc3ccc(COc4cccnc4)cc3)CC2)n1. The molecule has 2 aromatic heterocycles. The number of aryl methyl sites for hydroxylation is 1. The molecule has 3 aromatic rings. The van der Waals surface area contributed by atoms with Crippen molar-refractivity contribution in [1.29, 1.82) is 0 Å². The molecule has 1 aliphatic rings. The Bertz CT molecular complexity index is 945. The largest absolute Gasteiger partial charge is 0.487 e. The highest BCUT2D eigenvalue weighted by molar-refractivity contribution is 5.92. The maximum Gasteiger partial charge on any atom is 0.274 e. The predicted octanol–water partition coefficient (Wildman–Crippen LogP) is 3.97. The fourth-order valence-electron chi connectivity index (χ4n) is 3.86. The van der Waals surface area contributed by atoms with Crippen molar-refractivity contribution in [3.05, 3.63) is 77.9 Å². The topological polar surface area (TPSA) is 60.2 Å². The number of nitrogens with zero attached hydrogens (tertiary/aromatic N) is 4. The number of pyridine rings is 1. The number of likely N-dealkylation sites (tertiary alicyclic amines) is 1. The Morgan fingerprint density at radius 2 is 1.87 bits per heavy atom. The Balaban J connectivity index is 1.24. The van der Waals surface area contributed by atoms with Gasteiger partial charge in [0.1, 0.15) is 18.1 Å². The molecule has 0 spiro atoms. The van der Waals surface area contributed by atoms with Crippen molar-refractivity contribution in [2.24, 2.45) is 5.92 Å². The lowest BCUT2D eigenvalue weighted by molar-refractivity contribution is 0.0683. The summed E-state index contributed by atoms with van der Waals surface area (Å²) in [5.41, 5.74) is 3.04. The maximum atomic E-state index is 12.6. The summed E-state index contributed by atoms with van der Waals surface area (Å²) in [6, 6.07) is 14.2. The molecule has 0 N–H and O–H groups in total. The highest BCUT2D eigenvalue weighted by atomic mass is 16.5. The van der Waals surface area contributed by atoms with Gasteiger partial charge in [0.15, 0.2) is 0 Å². The second-order valence-corrected chi connectivity index (χ2v) is 7.79. The fraction of sp³-hybridized carbons (Fsp3) is 0.375. The third kappa shape index (κ3) is 5.06. The van der Waals surface area contributed by atoms with Crippen molar-refractivity contribution in [3.63, 3.8) is 0 Å². The van der Waals surface area contributed by atoms with Gasteiger partial charge in [-0.05, 0) is 61.4 Å². The summed E-state index contributed by atoms with van der Waals surface area (Å²) in [5.74, 6) is 1.45. The molecule has 1 aliphatic heterocycles. The highest BCUT2D eigenvalue weighted by Crippen LogP contribution is 2.23. The van der Waals surface area contributed by atoms with Gasteiger partial charge in [-0.1, -0.05) is 24.3 Å². The zero-order valence-electron chi connectivity index (χ0n) is 17.4. The van der Waals surface area contributed by atoms with Gasteiger partial charge >= 0.3 is 0 Å². The van der Waals surface area contributed by atoms with Gasteiger partial charge in [0.25, 0.3) is 5.91 Å². The Hall–Kier alpha value is -3.15. The van der Waals surface area contributed by atoms with Crippen LogP contribution in [0, 0.1) is 5.92 Å². The minimum atomic E-state index is 0.0543. The van der Waals surface area contributed by atoms with Gasteiger partial charge in [0.05, 0.1) is 6.20 Å². The van der Waals surface area contributed by atoms with Crippen LogP contribution in [-0.4, -0.2) is 38.7 Å². The Morgan fingerprint density at radius 1 is 1.10 bits per heavy atom. The zero-order valence-corrected chi connectivity index (χ0v) is 17.4. The number of carbonyl (C=O) groups excluding carboxylic acids is 1. The van der Waals surface area contributed by atoms with Gasteiger partial charge in [-0.3, -0.25) is 14.5 Å². The summed E-state index contributed by atoms with van der Waals surface area (Å²) >= 11 is 0. The van der Waals surface area contributed by atoms with E-state index in [2.05, 4.69) is 34.3 Å². The van der Waals surface area contributed by atoms with E-state index in [9.17, 15) is 4.79 Å². The molecule has 4 rings (SSSR count). The zero-order chi connectivity index (χ0) is 20.8. The molecule has 0 aliphatic carbocycles. The monoisotopic (exact) mass is 404 g/mol. The average Bonchev–Trinajstić information content (AvgIpc) is 3.29. The Labute approximate surface area is 177 Å². The van der Waals surface area contributed by atoms with Gasteiger partial charge in [0.2, 0.25) is 0 Å². The van der Waals surface area contributed by atoms with Crippen LogP contribution in [0.25, 0.3) is 0 Å². The van der Waals surface area contributed by atoms with E-state index in [1.54, 1.807) is 17.1 Å². The number of carbonyl (C=O) groups is 1. The molecular weight excluding hydrogens is 376 g/mol. The summed E-state index contributed by atoms with van der Waals surface area (Å²) in [7, 11) is 0. The van der Waals surface area contributed by atoms with Crippen LogP contribution in [-0.2, 0) is 19.6 Å². The van der Waals surface area contributed by atoms with Crippen LogP contribution in [0.4, 0.5) is 0 Å². The van der Waals surface area contributed by atoms with E-state index >= 15 is 0 Å². The number of benzene rings is 1. The molecule has 30 heavy (non-hydrogen) atoms. The molecule has 6 heteroatoms. The van der Waals surface area contributed by atoms with Crippen molar-refractivity contribution in [3.8, 4) is 5.75 Å². The lowest BCUT2D eigenvalue weighted by atomic mass is 9.90. The normalized spacial score (nSPS) is 14.6. The van der Waals surface area contributed by atoms with Crippen molar-refractivity contribution in [1.82, 2.24) is 19.7 Å². The summed E-state index contributed by atoms with van der Waals surface area (Å²) in [6.45, 7) is 4.95. The van der Waals surface area contributed by atoms with Crippen molar-refractivity contribution in [2.45, 2.75) is 39.3 Å². The van der Waals surface area contributed by atoms with Gasteiger partial charge in [0, 0.05) is 32.0 Å². The molecule has 3 heterocycles. The van der Waals surface area contributed by atoms with E-state index in [4.69, 9.17) is 4.74 Å². The van der Waals surface area contributed by atoms with E-state index < -0.39 is 0 Å². The lowest BCUT2D eigenvalue weighted by Crippen LogP contribution is -2.39. The number of piperidine rings is 1. The first-order chi connectivity index (χ1) is 14.7. The number of ether oxygens (including phenoxy) is 1. The smallest absolute Gasteiger partial charge is 0.274 e. The number of hydrogen-bond donors (Lipinski definition) is 0. The third-order valence-electron chi connectivity index (χ3n) is 5.67. The van der Waals surface area contributed by atoms with Gasteiger partial charge < -0.3 is 9.64 Å². The number of rotatable bonds is 7. The number of aromatic nitrogens is 3. The minimum Gasteiger partial charge on any atom is -0.487 e. The van der Waals surface area contributed by atoms with E-state index in [-0.39, 0.29) is 5.91 Å². The van der Waals surface area contributed by atoms with E-state index in [0.29, 0.717) is 18.2 Å². The molecule has 0 bridgehead atoms. The first kappa shape index (κ1) is 20.1. The number of amides is 1. The van der Waals surface area contributed by atoms with Crippen molar-refractivity contribution >= 4 is 5.91 Å². The van der Waals surface area contributed by atoms with E-state index in [0.717, 1.165) is 50.2 Å². The minimum absolute atomic E-state index is 0.0543. The molecule has 1 aromatic carbocycles. The van der Waals surface area contributed by atoms with Crippen LogP contribution in [0.2, 0.25) is 0 Å². The first-order valence-corrected chi connectivity index (χ1v) is 10.6. The Morgan fingerprint density at radius 3 is 2.53 bits per heavy atom. The molecule has 6 nitrogen and oxygen atoms in total. The van der Waals surface area contributed by atoms with Crippen LogP contribution in [0.5, 0.6) is 5.75 Å². The Kier molecular flexibility index (Phi) is 6.42. The fourth-order valence-corrected chi connectivity index (χ4v) is 3.86. The van der Waals surface area contributed by atoms with Crippen LogP contribution in [0.15, 0.2) is 61.1 Å². The standard InChI is InChI=1S/C24H28N4O2/c1-2-28-15-11-23(26-28)24(29)27-13-9-20(10-14-27)16-19-5-7-21(8-6-19)18-30-22-4-3-12-25-17-22/h3-8,11-12,15,17,20H,2,9-10,13-14,16,18H2,1H3. The van der Waals surface area contributed by atoms with Crippen LogP contribution < -0.4 is 4.74 Å². The molecule has 0 saturated carbocycles. The van der Waals surface area contributed by atoms with E-state index in [1.807, 2.05) is 36.2 Å². The summed E-state index contributed by atoms with van der Waals surface area (Å²) < 4.78 is 7.55. The first-order valence-electron chi connectivity index (χ1n) is 10.6. The van der Waals surface area contributed by atoms with Gasteiger partial charge in [-0.15, -0.1) is 0 Å². The molecule has 0 atom stereocenters. The van der Waals surface area contributed by atoms with Crippen LogP contribution in [0.3, 0.4) is 0 Å². The maximum absolute atomic E-state index is 12.6. The lowest BCUT2D eigenvalue weighted by Gasteiger charge is -2.31. The van der Waals surface area contributed by atoms with Crippen LogP contribution in [0.1, 0.15) is 41.4 Å².